The predicted molar refractivity (Wildman–Crippen MR) is 69.7 cm³/mol. The van der Waals surface area contributed by atoms with Crippen LogP contribution in [0.5, 0.6) is 0 Å². The SMILES string of the molecule is COC(=O)C(Br)CNc1cc(Cl)ccc1Cl. The van der Waals surface area contributed by atoms with Crippen molar-refractivity contribution in [2.45, 2.75) is 4.83 Å². The molecule has 0 radical (unpaired) electrons. The number of methoxy groups -OCH3 is 1. The van der Waals surface area contributed by atoms with Gasteiger partial charge in [-0.3, -0.25) is 4.79 Å². The Labute approximate surface area is 112 Å². The van der Waals surface area contributed by atoms with Gasteiger partial charge in [0, 0.05) is 11.6 Å². The van der Waals surface area contributed by atoms with Gasteiger partial charge in [-0.1, -0.05) is 39.1 Å². The maximum Gasteiger partial charge on any atom is 0.321 e. The minimum absolute atomic E-state index is 0.342. The van der Waals surface area contributed by atoms with Crippen LogP contribution in [0.3, 0.4) is 0 Å². The summed E-state index contributed by atoms with van der Waals surface area (Å²) in [6.07, 6.45) is 0. The van der Waals surface area contributed by atoms with Gasteiger partial charge in [-0.2, -0.15) is 0 Å². The van der Waals surface area contributed by atoms with Crippen molar-refractivity contribution < 1.29 is 9.53 Å². The largest absolute Gasteiger partial charge is 0.468 e. The van der Waals surface area contributed by atoms with E-state index >= 15 is 0 Å². The molecule has 6 heteroatoms. The quantitative estimate of drug-likeness (QED) is 0.681. The summed E-state index contributed by atoms with van der Waals surface area (Å²) in [5.41, 5.74) is 0.683. The number of hydrogen-bond acceptors (Lipinski definition) is 3. The summed E-state index contributed by atoms with van der Waals surface area (Å²) in [6.45, 7) is 0.368. The minimum atomic E-state index is -0.424. The van der Waals surface area contributed by atoms with E-state index in [1.807, 2.05) is 0 Å². The highest BCUT2D eigenvalue weighted by atomic mass is 79.9. The van der Waals surface area contributed by atoms with E-state index in [1.165, 1.54) is 7.11 Å². The number of nitrogens with one attached hydrogen (secondary N) is 1. The molecule has 0 fully saturated rings. The van der Waals surface area contributed by atoms with Gasteiger partial charge in [0.2, 0.25) is 0 Å². The first kappa shape index (κ1) is 13.6. The Bertz CT molecular complexity index is 387. The summed E-state index contributed by atoms with van der Waals surface area (Å²) >= 11 is 15.0. The van der Waals surface area contributed by atoms with E-state index in [-0.39, 0.29) is 5.97 Å². The molecule has 0 aliphatic carbocycles. The van der Waals surface area contributed by atoms with Crippen molar-refractivity contribution in [2.75, 3.05) is 19.0 Å². The van der Waals surface area contributed by atoms with Crippen LogP contribution in [0.2, 0.25) is 10.0 Å². The number of hydrogen-bond donors (Lipinski definition) is 1. The summed E-state index contributed by atoms with van der Waals surface area (Å²) in [7, 11) is 1.34. The molecule has 16 heavy (non-hydrogen) atoms. The van der Waals surface area contributed by atoms with Crippen LogP contribution in [0.1, 0.15) is 0 Å². The topological polar surface area (TPSA) is 38.3 Å². The van der Waals surface area contributed by atoms with Crippen molar-refractivity contribution in [1.29, 1.82) is 0 Å². The van der Waals surface area contributed by atoms with E-state index in [2.05, 4.69) is 26.0 Å². The molecular formula is C10H10BrCl2NO2. The zero-order valence-electron chi connectivity index (χ0n) is 8.47. The molecule has 0 saturated carbocycles. The van der Waals surface area contributed by atoms with Gasteiger partial charge in [0.1, 0.15) is 4.83 Å². The number of carbonyl (C=O) groups excluding carboxylic acids is 1. The standard InChI is InChI=1S/C10H10BrCl2NO2/c1-16-10(15)7(11)5-14-9-4-6(12)2-3-8(9)13/h2-4,7,14H,5H2,1H3. The van der Waals surface area contributed by atoms with E-state index in [4.69, 9.17) is 23.2 Å². The lowest BCUT2D eigenvalue weighted by Crippen LogP contribution is -2.24. The second-order valence-corrected chi connectivity index (χ2v) is 4.94. The third-order valence-electron chi connectivity index (χ3n) is 1.86. The molecule has 1 N–H and O–H groups in total. The Morgan fingerprint density at radius 3 is 2.88 bits per heavy atom. The molecule has 0 saturated heterocycles. The highest BCUT2D eigenvalue weighted by Crippen LogP contribution is 2.25. The molecule has 0 spiro atoms. The first-order valence-corrected chi connectivity index (χ1v) is 6.12. The van der Waals surface area contributed by atoms with Crippen LogP contribution >= 0.6 is 39.1 Å². The average molecular weight is 327 g/mol. The Balaban J connectivity index is 2.60. The van der Waals surface area contributed by atoms with Crippen LogP contribution in [0.15, 0.2) is 18.2 Å². The molecule has 0 aliphatic heterocycles. The van der Waals surface area contributed by atoms with Gasteiger partial charge in [-0.15, -0.1) is 0 Å². The van der Waals surface area contributed by atoms with Crippen molar-refractivity contribution >= 4 is 50.8 Å². The van der Waals surface area contributed by atoms with Gasteiger partial charge < -0.3 is 10.1 Å². The maximum absolute atomic E-state index is 11.1. The summed E-state index contributed by atoms with van der Waals surface area (Å²) in [4.78, 5) is 10.7. The second kappa shape index (κ2) is 6.33. The summed E-state index contributed by atoms with van der Waals surface area (Å²) < 4.78 is 4.57. The second-order valence-electron chi connectivity index (χ2n) is 3.00. The Hall–Kier alpha value is -0.450. The van der Waals surface area contributed by atoms with Crippen LogP contribution < -0.4 is 5.32 Å². The number of carbonyl (C=O) groups is 1. The fourth-order valence-electron chi connectivity index (χ4n) is 1.04. The molecule has 1 aromatic rings. The molecular weight excluding hydrogens is 317 g/mol. The third kappa shape index (κ3) is 3.85. The first-order chi connectivity index (χ1) is 7.54. The number of benzene rings is 1. The molecule has 1 aromatic carbocycles. The van der Waals surface area contributed by atoms with Crippen LogP contribution in [0, 0.1) is 0 Å². The van der Waals surface area contributed by atoms with E-state index in [0.717, 1.165) is 0 Å². The normalized spacial score (nSPS) is 12.0. The Morgan fingerprint density at radius 2 is 2.25 bits per heavy atom. The maximum atomic E-state index is 11.1. The monoisotopic (exact) mass is 325 g/mol. The first-order valence-electron chi connectivity index (χ1n) is 4.45. The van der Waals surface area contributed by atoms with Gasteiger partial charge in [-0.25, -0.2) is 0 Å². The van der Waals surface area contributed by atoms with Gasteiger partial charge in [0.05, 0.1) is 17.8 Å². The highest BCUT2D eigenvalue weighted by molar-refractivity contribution is 9.10. The lowest BCUT2D eigenvalue weighted by molar-refractivity contribution is -0.139. The molecule has 1 atom stereocenters. The van der Waals surface area contributed by atoms with Crippen LogP contribution in [-0.2, 0) is 9.53 Å². The molecule has 0 amide bonds. The van der Waals surface area contributed by atoms with Crippen molar-refractivity contribution in [3.05, 3.63) is 28.2 Å². The minimum Gasteiger partial charge on any atom is -0.468 e. The van der Waals surface area contributed by atoms with Gasteiger partial charge in [0.15, 0.2) is 0 Å². The van der Waals surface area contributed by atoms with Crippen LogP contribution in [0.25, 0.3) is 0 Å². The van der Waals surface area contributed by atoms with Gasteiger partial charge in [-0.05, 0) is 18.2 Å². The average Bonchev–Trinajstić information content (AvgIpc) is 2.28. The molecule has 3 nitrogen and oxygen atoms in total. The van der Waals surface area contributed by atoms with Crippen molar-refractivity contribution in [2.24, 2.45) is 0 Å². The number of halogens is 3. The van der Waals surface area contributed by atoms with Crippen molar-refractivity contribution in [1.82, 2.24) is 0 Å². The van der Waals surface area contributed by atoms with Gasteiger partial charge in [0.25, 0.3) is 0 Å². The number of alkyl halides is 1. The number of ether oxygens (including phenoxy) is 1. The molecule has 0 bridgehead atoms. The van der Waals surface area contributed by atoms with E-state index in [0.29, 0.717) is 22.3 Å². The summed E-state index contributed by atoms with van der Waals surface area (Å²) in [5, 5.41) is 4.13. The number of esters is 1. The van der Waals surface area contributed by atoms with E-state index < -0.39 is 4.83 Å². The lowest BCUT2D eigenvalue weighted by atomic mass is 10.3. The van der Waals surface area contributed by atoms with Crippen LogP contribution in [0.4, 0.5) is 5.69 Å². The Morgan fingerprint density at radius 1 is 1.56 bits per heavy atom. The zero-order chi connectivity index (χ0) is 12.1. The molecule has 1 rings (SSSR count). The molecule has 0 aromatic heterocycles. The Kier molecular flexibility index (Phi) is 5.38. The fourth-order valence-corrected chi connectivity index (χ4v) is 1.75. The summed E-state index contributed by atoms with van der Waals surface area (Å²) in [5.74, 6) is -0.342. The third-order valence-corrected chi connectivity index (χ3v) is 3.12. The molecule has 1 unspecified atom stereocenters. The van der Waals surface area contributed by atoms with Crippen molar-refractivity contribution in [3.63, 3.8) is 0 Å². The summed E-state index contributed by atoms with van der Waals surface area (Å²) in [6, 6.07) is 5.08. The fraction of sp³-hybridized carbons (Fsp3) is 0.300. The molecule has 88 valence electrons. The van der Waals surface area contributed by atoms with Crippen molar-refractivity contribution in [3.8, 4) is 0 Å². The smallest absolute Gasteiger partial charge is 0.321 e. The van der Waals surface area contributed by atoms with E-state index in [1.54, 1.807) is 18.2 Å². The lowest BCUT2D eigenvalue weighted by Gasteiger charge is -2.11. The van der Waals surface area contributed by atoms with Gasteiger partial charge >= 0.3 is 5.97 Å². The predicted octanol–water partition coefficient (Wildman–Crippen LogP) is 3.34. The number of anilines is 1. The molecule has 0 heterocycles. The zero-order valence-corrected chi connectivity index (χ0v) is 11.6. The van der Waals surface area contributed by atoms with Crippen LogP contribution in [-0.4, -0.2) is 24.5 Å². The van der Waals surface area contributed by atoms with E-state index in [9.17, 15) is 4.79 Å². The number of rotatable bonds is 4. The molecule has 0 aliphatic rings. The highest BCUT2D eigenvalue weighted by Gasteiger charge is 2.15.